The molecule has 0 atom stereocenters. The first kappa shape index (κ1) is 17.3. The molecule has 1 aromatic rings. The highest BCUT2D eigenvalue weighted by Gasteiger charge is 2.23. The van der Waals surface area contributed by atoms with Crippen LogP contribution in [0, 0.1) is 12.8 Å². The maximum atomic E-state index is 9.03. The minimum Gasteiger partial charge on any atom is -0.409 e. The van der Waals surface area contributed by atoms with Crippen molar-refractivity contribution in [3.05, 3.63) is 11.3 Å². The summed E-state index contributed by atoms with van der Waals surface area (Å²) in [6.07, 6.45) is 0. The highest BCUT2D eigenvalue weighted by molar-refractivity contribution is 6.02. The van der Waals surface area contributed by atoms with E-state index in [0.29, 0.717) is 11.5 Å². The van der Waals surface area contributed by atoms with Gasteiger partial charge in [0.15, 0.2) is 5.84 Å². The maximum absolute atomic E-state index is 9.03. The first-order valence-electron chi connectivity index (χ1n) is 7.19. The van der Waals surface area contributed by atoms with Gasteiger partial charge in [0.1, 0.15) is 5.82 Å². The van der Waals surface area contributed by atoms with E-state index in [-0.39, 0.29) is 5.84 Å². The van der Waals surface area contributed by atoms with Gasteiger partial charge < -0.3 is 20.7 Å². The summed E-state index contributed by atoms with van der Waals surface area (Å²) in [5.74, 6) is 1.51. The van der Waals surface area contributed by atoms with Gasteiger partial charge in [-0.05, 0) is 26.9 Å². The molecule has 7 heteroatoms. The van der Waals surface area contributed by atoms with Crippen LogP contribution in [0.15, 0.2) is 5.16 Å². The molecule has 120 valence electrons. The van der Waals surface area contributed by atoms with Crippen LogP contribution in [-0.4, -0.2) is 59.5 Å². The second-order valence-corrected chi connectivity index (χ2v) is 6.04. The molecular formula is C14H28N6O. The number of hydrogen-bond donors (Lipinski definition) is 2. The second kappa shape index (κ2) is 7.31. The predicted octanol–water partition coefficient (Wildman–Crippen LogP) is 0.847. The number of nitrogens with two attached hydrogens (primary N) is 1. The van der Waals surface area contributed by atoms with Crippen molar-refractivity contribution >= 4 is 11.7 Å². The summed E-state index contributed by atoms with van der Waals surface area (Å²) in [7, 11) is 5.98. The van der Waals surface area contributed by atoms with Crippen LogP contribution in [0.25, 0.3) is 0 Å². The van der Waals surface area contributed by atoms with E-state index in [0.717, 1.165) is 31.1 Å². The molecule has 0 saturated carbocycles. The van der Waals surface area contributed by atoms with Gasteiger partial charge in [-0.3, -0.25) is 4.68 Å². The first-order chi connectivity index (χ1) is 9.77. The zero-order valence-electron chi connectivity index (χ0n) is 14.0. The molecule has 0 fully saturated rings. The van der Waals surface area contributed by atoms with Crippen molar-refractivity contribution < 1.29 is 5.21 Å². The average Bonchev–Trinajstić information content (AvgIpc) is 2.67. The highest BCUT2D eigenvalue weighted by atomic mass is 16.4. The summed E-state index contributed by atoms with van der Waals surface area (Å²) < 4.78 is 1.81. The minimum atomic E-state index is 0.106. The Hall–Kier alpha value is -1.76. The summed E-state index contributed by atoms with van der Waals surface area (Å²) in [5, 5.41) is 16.6. The summed E-state index contributed by atoms with van der Waals surface area (Å²) in [6.45, 7) is 8.89. The molecule has 3 N–H and O–H groups in total. The number of oxime groups is 1. The number of anilines is 1. The van der Waals surface area contributed by atoms with Crippen molar-refractivity contribution in [2.45, 2.75) is 20.8 Å². The van der Waals surface area contributed by atoms with E-state index in [1.807, 2.05) is 28.1 Å². The zero-order valence-corrected chi connectivity index (χ0v) is 14.0. The molecule has 1 heterocycles. The van der Waals surface area contributed by atoms with Gasteiger partial charge in [-0.25, -0.2) is 0 Å². The van der Waals surface area contributed by atoms with Gasteiger partial charge in [0.05, 0.1) is 11.3 Å². The van der Waals surface area contributed by atoms with Gasteiger partial charge in [-0.1, -0.05) is 19.0 Å². The number of aryl methyl sites for hydroxylation is 2. The van der Waals surface area contributed by atoms with Gasteiger partial charge in [0.2, 0.25) is 0 Å². The van der Waals surface area contributed by atoms with Gasteiger partial charge in [0.25, 0.3) is 0 Å². The molecule has 0 bridgehead atoms. The fourth-order valence-corrected chi connectivity index (χ4v) is 2.40. The number of hydrogen-bond acceptors (Lipinski definition) is 5. The Bertz CT molecular complexity index is 492. The van der Waals surface area contributed by atoms with E-state index < -0.39 is 0 Å². The number of aromatic nitrogens is 2. The average molecular weight is 296 g/mol. The largest absolute Gasteiger partial charge is 0.409 e. The Morgan fingerprint density at radius 1 is 1.38 bits per heavy atom. The van der Waals surface area contributed by atoms with Crippen molar-refractivity contribution in [3.63, 3.8) is 0 Å². The van der Waals surface area contributed by atoms with Crippen molar-refractivity contribution in [1.82, 2.24) is 14.7 Å². The van der Waals surface area contributed by atoms with Gasteiger partial charge in [-0.2, -0.15) is 5.10 Å². The monoisotopic (exact) mass is 296 g/mol. The van der Waals surface area contributed by atoms with E-state index in [2.05, 4.69) is 33.9 Å². The van der Waals surface area contributed by atoms with Crippen LogP contribution >= 0.6 is 0 Å². The van der Waals surface area contributed by atoms with Gasteiger partial charge in [0, 0.05) is 26.7 Å². The number of likely N-dealkylation sites (N-methyl/N-ethyl adjacent to an activating group) is 1. The van der Waals surface area contributed by atoms with Crippen molar-refractivity contribution in [1.29, 1.82) is 0 Å². The van der Waals surface area contributed by atoms with E-state index in [4.69, 9.17) is 10.9 Å². The Balaban J connectivity index is 3.22. The molecular weight excluding hydrogens is 268 g/mol. The zero-order chi connectivity index (χ0) is 16.2. The Labute approximate surface area is 127 Å². The molecule has 0 unspecified atom stereocenters. The molecule has 0 aliphatic heterocycles. The lowest BCUT2D eigenvalue weighted by molar-refractivity contribution is 0.318. The topological polar surface area (TPSA) is 82.9 Å². The molecule has 21 heavy (non-hydrogen) atoms. The minimum absolute atomic E-state index is 0.106. The van der Waals surface area contributed by atoms with Gasteiger partial charge in [-0.15, -0.1) is 0 Å². The van der Waals surface area contributed by atoms with Crippen LogP contribution in [-0.2, 0) is 7.05 Å². The van der Waals surface area contributed by atoms with Crippen molar-refractivity contribution in [3.8, 4) is 0 Å². The molecule has 0 amide bonds. The van der Waals surface area contributed by atoms with Crippen LogP contribution < -0.4 is 10.6 Å². The smallest absolute Gasteiger partial charge is 0.175 e. The predicted molar refractivity (Wildman–Crippen MR) is 86.1 cm³/mol. The maximum Gasteiger partial charge on any atom is 0.175 e. The fraction of sp³-hybridized carbons (Fsp3) is 0.714. The molecule has 0 aliphatic carbocycles. The number of rotatable bonds is 7. The third-order valence-corrected chi connectivity index (χ3v) is 3.26. The molecule has 0 spiro atoms. The van der Waals surface area contributed by atoms with E-state index >= 15 is 0 Å². The van der Waals surface area contributed by atoms with E-state index in [1.165, 1.54) is 0 Å². The quantitative estimate of drug-likeness (QED) is 0.337. The van der Waals surface area contributed by atoms with Crippen LogP contribution in [0.5, 0.6) is 0 Å². The lowest BCUT2D eigenvalue weighted by Gasteiger charge is -2.28. The fourth-order valence-electron chi connectivity index (χ4n) is 2.40. The van der Waals surface area contributed by atoms with Crippen LogP contribution in [0.2, 0.25) is 0 Å². The summed E-state index contributed by atoms with van der Waals surface area (Å²) in [6, 6.07) is 0. The Kier molecular flexibility index (Phi) is 6.02. The van der Waals surface area contributed by atoms with E-state index in [9.17, 15) is 0 Å². The molecule has 0 saturated heterocycles. The van der Waals surface area contributed by atoms with Crippen LogP contribution in [0.4, 0.5) is 5.82 Å². The van der Waals surface area contributed by atoms with Crippen LogP contribution in [0.3, 0.4) is 0 Å². The summed E-state index contributed by atoms with van der Waals surface area (Å²) in [5.41, 5.74) is 7.32. The second-order valence-electron chi connectivity index (χ2n) is 6.04. The third-order valence-electron chi connectivity index (χ3n) is 3.26. The highest BCUT2D eigenvalue weighted by Crippen LogP contribution is 2.24. The number of nitrogens with zero attached hydrogens (tertiary/aromatic N) is 5. The molecule has 0 aromatic carbocycles. The summed E-state index contributed by atoms with van der Waals surface area (Å²) in [4.78, 5) is 4.39. The Morgan fingerprint density at radius 3 is 2.48 bits per heavy atom. The SMILES string of the molecule is Cc1nn(C)c(N(CCN(C)C)CC(C)C)c1C(N)=NO. The molecule has 0 aliphatic rings. The van der Waals surface area contributed by atoms with Crippen LogP contribution in [0.1, 0.15) is 25.1 Å². The van der Waals surface area contributed by atoms with Gasteiger partial charge >= 0.3 is 0 Å². The molecule has 1 rings (SSSR count). The molecule has 7 nitrogen and oxygen atoms in total. The Morgan fingerprint density at radius 2 is 2.00 bits per heavy atom. The van der Waals surface area contributed by atoms with Crippen molar-refractivity contribution in [2.24, 2.45) is 23.9 Å². The first-order valence-corrected chi connectivity index (χ1v) is 7.19. The molecule has 0 radical (unpaired) electrons. The lowest BCUT2D eigenvalue weighted by Crippen LogP contribution is -2.37. The molecule has 1 aromatic heterocycles. The normalized spacial score (nSPS) is 12.5. The summed E-state index contributed by atoms with van der Waals surface area (Å²) >= 11 is 0. The standard InChI is InChI=1S/C14H28N6O/c1-10(2)9-20(8-7-18(4)5)14-12(13(15)17-21)11(3)16-19(14)6/h10,21H,7-9H2,1-6H3,(H2,15,17). The van der Waals surface area contributed by atoms with Crippen molar-refractivity contribution in [2.75, 3.05) is 38.6 Å². The number of amidine groups is 1. The van der Waals surface area contributed by atoms with E-state index in [1.54, 1.807) is 4.68 Å². The third kappa shape index (κ3) is 4.35. The lowest BCUT2D eigenvalue weighted by atomic mass is 10.1.